The lowest BCUT2D eigenvalue weighted by Gasteiger charge is -2.14. The summed E-state index contributed by atoms with van der Waals surface area (Å²) in [5.74, 6) is 1.06. The molecule has 0 bridgehead atoms. The second-order valence-electron chi connectivity index (χ2n) is 5.85. The van der Waals surface area contributed by atoms with Crippen molar-refractivity contribution in [1.29, 1.82) is 0 Å². The van der Waals surface area contributed by atoms with Gasteiger partial charge in [0.15, 0.2) is 5.96 Å². The summed E-state index contributed by atoms with van der Waals surface area (Å²) in [7, 11) is 0. The molecule has 0 radical (unpaired) electrons. The zero-order valence-corrected chi connectivity index (χ0v) is 12.8. The maximum absolute atomic E-state index is 5.78. The van der Waals surface area contributed by atoms with Crippen molar-refractivity contribution in [2.24, 2.45) is 16.6 Å². The fraction of sp³-hybridized carbons (Fsp3) is 0.692. The molecular formula is C13H24N4S. The highest BCUT2D eigenvalue weighted by Gasteiger charge is 2.17. The molecule has 0 saturated heterocycles. The van der Waals surface area contributed by atoms with E-state index in [2.05, 4.69) is 55.3 Å². The average Bonchev–Trinajstić information content (AvgIpc) is 2.71. The molecule has 0 aliphatic carbocycles. The molecule has 1 aromatic rings. The monoisotopic (exact) mass is 268 g/mol. The molecule has 1 aromatic heterocycles. The molecule has 0 aliphatic rings. The van der Waals surface area contributed by atoms with Crippen LogP contribution in [0.2, 0.25) is 0 Å². The van der Waals surface area contributed by atoms with Crippen molar-refractivity contribution >= 4 is 17.3 Å². The number of nitrogens with zero attached hydrogens (tertiary/aromatic N) is 2. The van der Waals surface area contributed by atoms with Crippen molar-refractivity contribution < 1.29 is 0 Å². The minimum Gasteiger partial charge on any atom is -0.370 e. The van der Waals surface area contributed by atoms with E-state index < -0.39 is 0 Å². The Labute approximate surface area is 114 Å². The maximum Gasteiger partial charge on any atom is 0.189 e. The second kappa shape index (κ2) is 6.18. The molecule has 1 heterocycles. The van der Waals surface area contributed by atoms with Gasteiger partial charge in [-0.3, -0.25) is 0 Å². The first-order chi connectivity index (χ1) is 8.29. The molecule has 0 fully saturated rings. The van der Waals surface area contributed by atoms with Crippen molar-refractivity contribution in [2.45, 2.75) is 46.6 Å². The SMILES string of the molecule is CC(C)CNC(N)=NCc1nc(C(C)(C)C)cs1. The Morgan fingerprint density at radius 2 is 2.17 bits per heavy atom. The molecule has 0 atom stereocenters. The van der Waals surface area contributed by atoms with E-state index in [-0.39, 0.29) is 5.41 Å². The van der Waals surface area contributed by atoms with Crippen LogP contribution in [-0.2, 0) is 12.0 Å². The van der Waals surface area contributed by atoms with E-state index in [0.717, 1.165) is 17.2 Å². The fourth-order valence-corrected chi connectivity index (χ4v) is 2.19. The number of hydrogen-bond acceptors (Lipinski definition) is 3. The first-order valence-electron chi connectivity index (χ1n) is 6.27. The lowest BCUT2D eigenvalue weighted by atomic mass is 9.93. The van der Waals surface area contributed by atoms with Crippen LogP contribution in [0.25, 0.3) is 0 Å². The van der Waals surface area contributed by atoms with Crippen molar-refractivity contribution in [1.82, 2.24) is 10.3 Å². The molecular weight excluding hydrogens is 244 g/mol. The van der Waals surface area contributed by atoms with Crippen LogP contribution < -0.4 is 11.1 Å². The van der Waals surface area contributed by atoms with Gasteiger partial charge in [0.1, 0.15) is 5.01 Å². The van der Waals surface area contributed by atoms with E-state index in [1.54, 1.807) is 11.3 Å². The number of nitrogens with two attached hydrogens (primary N) is 1. The summed E-state index contributed by atoms with van der Waals surface area (Å²) >= 11 is 1.64. The van der Waals surface area contributed by atoms with Gasteiger partial charge in [0, 0.05) is 17.3 Å². The smallest absolute Gasteiger partial charge is 0.189 e. The molecule has 4 nitrogen and oxygen atoms in total. The minimum atomic E-state index is 0.0971. The summed E-state index contributed by atoms with van der Waals surface area (Å²) in [5.41, 5.74) is 6.99. The predicted octanol–water partition coefficient (Wildman–Crippen LogP) is 2.50. The van der Waals surface area contributed by atoms with Crippen molar-refractivity contribution in [3.05, 3.63) is 16.1 Å². The molecule has 0 unspecified atom stereocenters. The fourth-order valence-electron chi connectivity index (χ4n) is 1.25. The molecule has 0 amide bonds. The third-order valence-electron chi connectivity index (χ3n) is 2.40. The van der Waals surface area contributed by atoms with Crippen LogP contribution in [0.5, 0.6) is 0 Å². The number of thiazole rings is 1. The van der Waals surface area contributed by atoms with Gasteiger partial charge in [-0.25, -0.2) is 9.98 Å². The topological polar surface area (TPSA) is 63.3 Å². The van der Waals surface area contributed by atoms with E-state index in [9.17, 15) is 0 Å². The van der Waals surface area contributed by atoms with E-state index in [0.29, 0.717) is 18.4 Å². The van der Waals surface area contributed by atoms with Crippen LogP contribution in [0.1, 0.15) is 45.3 Å². The first kappa shape index (κ1) is 15.0. The Hall–Kier alpha value is -1.10. The standard InChI is InChI=1S/C13H24N4S/c1-9(2)6-15-12(14)16-7-11-17-10(8-18-11)13(3,4)5/h8-9H,6-7H2,1-5H3,(H3,14,15,16). The molecule has 102 valence electrons. The van der Waals surface area contributed by atoms with Crippen molar-refractivity contribution in [2.75, 3.05) is 6.54 Å². The van der Waals surface area contributed by atoms with Gasteiger partial charge >= 0.3 is 0 Å². The summed E-state index contributed by atoms with van der Waals surface area (Å²) < 4.78 is 0. The van der Waals surface area contributed by atoms with Gasteiger partial charge in [-0.2, -0.15) is 0 Å². The van der Waals surface area contributed by atoms with Crippen LogP contribution in [0, 0.1) is 5.92 Å². The quantitative estimate of drug-likeness (QED) is 0.651. The molecule has 0 aromatic carbocycles. The van der Waals surface area contributed by atoms with Gasteiger partial charge in [-0.15, -0.1) is 11.3 Å². The van der Waals surface area contributed by atoms with Gasteiger partial charge in [-0.1, -0.05) is 34.6 Å². The van der Waals surface area contributed by atoms with Crippen molar-refractivity contribution in [3.63, 3.8) is 0 Å². The van der Waals surface area contributed by atoms with Gasteiger partial charge in [-0.05, 0) is 5.92 Å². The van der Waals surface area contributed by atoms with Crippen LogP contribution in [0.4, 0.5) is 0 Å². The molecule has 3 N–H and O–H groups in total. The van der Waals surface area contributed by atoms with Crippen LogP contribution in [0.3, 0.4) is 0 Å². The molecule has 18 heavy (non-hydrogen) atoms. The number of nitrogens with one attached hydrogen (secondary N) is 1. The Bertz CT molecular complexity index is 401. The number of aromatic nitrogens is 1. The van der Waals surface area contributed by atoms with Crippen LogP contribution in [-0.4, -0.2) is 17.5 Å². The largest absolute Gasteiger partial charge is 0.370 e. The predicted molar refractivity (Wildman–Crippen MR) is 79.0 cm³/mol. The minimum absolute atomic E-state index is 0.0971. The van der Waals surface area contributed by atoms with E-state index in [1.165, 1.54) is 0 Å². The average molecular weight is 268 g/mol. The summed E-state index contributed by atoms with van der Waals surface area (Å²) in [4.78, 5) is 8.87. The Morgan fingerprint density at radius 1 is 1.50 bits per heavy atom. The number of aliphatic imine (C=N–C) groups is 1. The highest BCUT2D eigenvalue weighted by molar-refractivity contribution is 7.09. The molecule has 0 aliphatic heterocycles. The summed E-state index contributed by atoms with van der Waals surface area (Å²) in [6, 6.07) is 0. The van der Waals surface area contributed by atoms with Gasteiger partial charge in [0.2, 0.25) is 0 Å². The van der Waals surface area contributed by atoms with Gasteiger partial charge in [0.25, 0.3) is 0 Å². The first-order valence-corrected chi connectivity index (χ1v) is 7.15. The molecule has 0 saturated carbocycles. The zero-order valence-electron chi connectivity index (χ0n) is 11.9. The van der Waals surface area contributed by atoms with E-state index >= 15 is 0 Å². The van der Waals surface area contributed by atoms with Crippen LogP contribution >= 0.6 is 11.3 Å². The number of rotatable bonds is 4. The Balaban J connectivity index is 2.53. The maximum atomic E-state index is 5.78. The lowest BCUT2D eigenvalue weighted by molar-refractivity contribution is 0.571. The lowest BCUT2D eigenvalue weighted by Crippen LogP contribution is -2.34. The third-order valence-corrected chi connectivity index (χ3v) is 3.23. The molecule has 1 rings (SSSR count). The summed E-state index contributed by atoms with van der Waals surface area (Å²) in [6.45, 7) is 12.2. The highest BCUT2D eigenvalue weighted by atomic mass is 32.1. The normalized spacial score (nSPS) is 13.1. The van der Waals surface area contributed by atoms with E-state index in [4.69, 9.17) is 5.73 Å². The zero-order chi connectivity index (χ0) is 13.8. The van der Waals surface area contributed by atoms with Crippen molar-refractivity contribution in [3.8, 4) is 0 Å². The third kappa shape index (κ3) is 5.04. The second-order valence-corrected chi connectivity index (χ2v) is 6.80. The highest BCUT2D eigenvalue weighted by Crippen LogP contribution is 2.24. The number of guanidine groups is 1. The molecule has 0 spiro atoms. The Morgan fingerprint density at radius 3 is 2.67 bits per heavy atom. The Kier molecular flexibility index (Phi) is 5.14. The number of hydrogen-bond donors (Lipinski definition) is 2. The molecule has 5 heteroatoms. The van der Waals surface area contributed by atoms with Crippen LogP contribution in [0.15, 0.2) is 10.4 Å². The van der Waals surface area contributed by atoms with Gasteiger partial charge in [0.05, 0.1) is 12.2 Å². The van der Waals surface area contributed by atoms with E-state index in [1.807, 2.05) is 0 Å². The summed E-state index contributed by atoms with van der Waals surface area (Å²) in [6.07, 6.45) is 0. The van der Waals surface area contributed by atoms with Gasteiger partial charge < -0.3 is 11.1 Å². The summed E-state index contributed by atoms with van der Waals surface area (Å²) in [5, 5.41) is 6.20.